The van der Waals surface area contributed by atoms with E-state index in [1.54, 1.807) is 5.57 Å². The lowest BCUT2D eigenvalue weighted by atomic mass is 9.68. The van der Waals surface area contributed by atoms with Gasteiger partial charge in [0.05, 0.1) is 0 Å². The number of allylic oxidation sites excluding steroid dienone is 4. The largest absolute Gasteiger partial charge is 0.0810 e. The Kier molecular flexibility index (Phi) is 2.31. The molecule has 0 aromatic carbocycles. The highest BCUT2D eigenvalue weighted by Crippen LogP contribution is 2.42. The lowest BCUT2D eigenvalue weighted by Crippen LogP contribution is -2.26. The Labute approximate surface area is 81.7 Å². The first-order valence-electron chi connectivity index (χ1n) is 5.56. The Morgan fingerprint density at radius 3 is 2.77 bits per heavy atom. The summed E-state index contributed by atoms with van der Waals surface area (Å²) in [5.41, 5.74) is 3.21. The molecule has 3 atom stereocenters. The van der Waals surface area contributed by atoms with Crippen LogP contribution in [0.5, 0.6) is 0 Å². The molecule has 0 heteroatoms. The maximum absolute atomic E-state index is 2.44. The first kappa shape index (κ1) is 9.05. The minimum absolute atomic E-state index is 0.838. The van der Waals surface area contributed by atoms with Crippen molar-refractivity contribution in [2.24, 2.45) is 17.8 Å². The highest BCUT2D eigenvalue weighted by molar-refractivity contribution is 5.31. The van der Waals surface area contributed by atoms with Gasteiger partial charge in [-0.15, -0.1) is 0 Å². The number of hydrogen-bond acceptors (Lipinski definition) is 0. The molecule has 13 heavy (non-hydrogen) atoms. The number of hydrogen-bond donors (Lipinski definition) is 0. The third kappa shape index (κ3) is 1.59. The Bertz CT molecular complexity index is 257. The monoisotopic (exact) mass is 176 g/mol. The van der Waals surface area contributed by atoms with E-state index in [2.05, 4.69) is 32.9 Å². The van der Waals surface area contributed by atoms with Gasteiger partial charge in [-0.3, -0.25) is 0 Å². The molecule has 2 aliphatic carbocycles. The lowest BCUT2D eigenvalue weighted by molar-refractivity contribution is 0.283. The topological polar surface area (TPSA) is 0 Å². The van der Waals surface area contributed by atoms with Gasteiger partial charge >= 0.3 is 0 Å². The highest BCUT2D eigenvalue weighted by Gasteiger charge is 2.30. The first-order valence-corrected chi connectivity index (χ1v) is 5.56. The van der Waals surface area contributed by atoms with Crippen LogP contribution in [0.1, 0.15) is 40.0 Å². The van der Waals surface area contributed by atoms with E-state index >= 15 is 0 Å². The summed E-state index contributed by atoms with van der Waals surface area (Å²) in [6, 6.07) is 0. The molecule has 72 valence electrons. The van der Waals surface area contributed by atoms with Crippen LogP contribution in [0.2, 0.25) is 0 Å². The molecule has 0 nitrogen and oxygen atoms in total. The van der Waals surface area contributed by atoms with Gasteiger partial charge in [0.15, 0.2) is 0 Å². The van der Waals surface area contributed by atoms with Crippen molar-refractivity contribution in [2.45, 2.75) is 40.0 Å². The van der Waals surface area contributed by atoms with Gasteiger partial charge in [-0.2, -0.15) is 0 Å². The molecule has 0 heterocycles. The van der Waals surface area contributed by atoms with E-state index in [0.717, 1.165) is 17.8 Å². The van der Waals surface area contributed by atoms with Gasteiger partial charge in [0, 0.05) is 0 Å². The van der Waals surface area contributed by atoms with Crippen molar-refractivity contribution >= 4 is 0 Å². The van der Waals surface area contributed by atoms with Gasteiger partial charge in [0.25, 0.3) is 0 Å². The minimum Gasteiger partial charge on any atom is -0.0810 e. The number of fused-ring (bicyclic) bond motifs is 1. The molecular formula is C13H20. The third-order valence-corrected chi connectivity index (χ3v) is 3.83. The van der Waals surface area contributed by atoms with Crippen LogP contribution >= 0.6 is 0 Å². The van der Waals surface area contributed by atoms with Crippen molar-refractivity contribution in [2.75, 3.05) is 0 Å². The molecule has 0 unspecified atom stereocenters. The summed E-state index contributed by atoms with van der Waals surface area (Å²) in [5.74, 6) is 2.61. The normalized spacial score (nSPS) is 39.2. The van der Waals surface area contributed by atoms with E-state index in [0.29, 0.717) is 0 Å². The summed E-state index contributed by atoms with van der Waals surface area (Å²) in [4.78, 5) is 0. The van der Waals surface area contributed by atoms with Gasteiger partial charge < -0.3 is 0 Å². The fourth-order valence-electron chi connectivity index (χ4n) is 2.83. The predicted octanol–water partition coefficient (Wildman–Crippen LogP) is 3.95. The molecule has 0 spiro atoms. The zero-order chi connectivity index (χ0) is 9.42. The Morgan fingerprint density at radius 2 is 2.00 bits per heavy atom. The molecule has 1 saturated carbocycles. The second kappa shape index (κ2) is 3.32. The van der Waals surface area contributed by atoms with Crippen molar-refractivity contribution in [1.29, 1.82) is 0 Å². The smallest absolute Gasteiger partial charge is 0.0137 e. The summed E-state index contributed by atoms with van der Waals surface area (Å²) in [6.45, 7) is 7.04. The molecule has 2 rings (SSSR count). The molecular weight excluding hydrogens is 156 g/mol. The van der Waals surface area contributed by atoms with Gasteiger partial charge in [0.1, 0.15) is 0 Å². The molecule has 0 saturated heterocycles. The Balaban J connectivity index is 2.26. The van der Waals surface area contributed by atoms with E-state index in [-0.39, 0.29) is 0 Å². The molecule has 0 radical (unpaired) electrons. The van der Waals surface area contributed by atoms with Gasteiger partial charge in [0.2, 0.25) is 0 Å². The standard InChI is InChI=1S/C13H20/c1-9-4-7-12-10(2)5-6-11(3)13(12)8-9/h4,8,10-12H,5-7H2,1-3H3/t10-,11+,12+/m1/s1. The van der Waals surface area contributed by atoms with Gasteiger partial charge in [-0.1, -0.05) is 37.1 Å². The maximum Gasteiger partial charge on any atom is -0.0137 e. The van der Waals surface area contributed by atoms with Crippen molar-refractivity contribution in [1.82, 2.24) is 0 Å². The SMILES string of the molecule is CC1=CC[C@@H]2C(=C1)[C@@H](C)CC[C@H]2C. The second-order valence-electron chi connectivity index (χ2n) is 4.89. The Morgan fingerprint density at radius 1 is 1.23 bits per heavy atom. The van der Waals surface area contributed by atoms with Crippen LogP contribution in [0, 0.1) is 17.8 Å². The molecule has 2 aliphatic rings. The first-order chi connectivity index (χ1) is 6.18. The molecule has 1 fully saturated rings. The van der Waals surface area contributed by atoms with Crippen LogP contribution in [-0.2, 0) is 0 Å². The van der Waals surface area contributed by atoms with Crippen molar-refractivity contribution < 1.29 is 0 Å². The summed E-state index contributed by atoms with van der Waals surface area (Å²) >= 11 is 0. The molecule has 0 amide bonds. The van der Waals surface area contributed by atoms with Crippen molar-refractivity contribution in [3.63, 3.8) is 0 Å². The fraction of sp³-hybridized carbons (Fsp3) is 0.692. The van der Waals surface area contributed by atoms with Crippen LogP contribution in [0.25, 0.3) is 0 Å². The summed E-state index contributed by atoms with van der Waals surface area (Å²) in [6.07, 6.45) is 8.97. The maximum atomic E-state index is 2.44. The number of rotatable bonds is 0. The Hall–Kier alpha value is -0.520. The molecule has 0 aromatic heterocycles. The fourth-order valence-corrected chi connectivity index (χ4v) is 2.83. The average Bonchev–Trinajstić information content (AvgIpc) is 2.12. The van der Waals surface area contributed by atoms with E-state index in [9.17, 15) is 0 Å². The van der Waals surface area contributed by atoms with E-state index in [1.807, 2.05) is 0 Å². The summed E-state index contributed by atoms with van der Waals surface area (Å²) in [7, 11) is 0. The molecule has 0 aliphatic heterocycles. The van der Waals surface area contributed by atoms with Crippen molar-refractivity contribution in [3.8, 4) is 0 Å². The van der Waals surface area contributed by atoms with Crippen LogP contribution < -0.4 is 0 Å². The minimum atomic E-state index is 0.838. The molecule has 0 N–H and O–H groups in total. The predicted molar refractivity (Wildman–Crippen MR) is 57.5 cm³/mol. The zero-order valence-electron chi connectivity index (χ0n) is 9.01. The highest BCUT2D eigenvalue weighted by atomic mass is 14.4. The van der Waals surface area contributed by atoms with Crippen LogP contribution in [-0.4, -0.2) is 0 Å². The van der Waals surface area contributed by atoms with Gasteiger partial charge in [-0.05, 0) is 43.9 Å². The molecule has 0 bridgehead atoms. The zero-order valence-corrected chi connectivity index (χ0v) is 9.01. The molecule has 0 aromatic rings. The van der Waals surface area contributed by atoms with Crippen LogP contribution in [0.4, 0.5) is 0 Å². The van der Waals surface area contributed by atoms with E-state index < -0.39 is 0 Å². The summed E-state index contributed by atoms with van der Waals surface area (Å²) < 4.78 is 0. The second-order valence-corrected chi connectivity index (χ2v) is 4.89. The van der Waals surface area contributed by atoms with Gasteiger partial charge in [-0.25, -0.2) is 0 Å². The third-order valence-electron chi connectivity index (χ3n) is 3.83. The van der Waals surface area contributed by atoms with E-state index in [1.165, 1.54) is 24.8 Å². The van der Waals surface area contributed by atoms with Crippen LogP contribution in [0.3, 0.4) is 0 Å². The quantitative estimate of drug-likeness (QED) is 0.524. The van der Waals surface area contributed by atoms with Crippen molar-refractivity contribution in [3.05, 3.63) is 23.3 Å². The lowest BCUT2D eigenvalue weighted by Gasteiger charge is -2.37. The van der Waals surface area contributed by atoms with E-state index in [4.69, 9.17) is 0 Å². The average molecular weight is 176 g/mol. The van der Waals surface area contributed by atoms with Crippen LogP contribution in [0.15, 0.2) is 23.3 Å². The summed E-state index contributed by atoms with van der Waals surface area (Å²) in [5, 5.41) is 0.